The lowest BCUT2D eigenvalue weighted by Crippen LogP contribution is -2.38. The summed E-state index contributed by atoms with van der Waals surface area (Å²) in [4.78, 5) is 11.0. The second-order valence-corrected chi connectivity index (χ2v) is 4.71. The molecule has 5 heteroatoms. The Morgan fingerprint density at radius 1 is 1.42 bits per heavy atom. The van der Waals surface area contributed by atoms with Crippen LogP contribution in [0.1, 0.15) is 12.5 Å². The fourth-order valence-corrected chi connectivity index (χ4v) is 2.33. The Labute approximate surface area is 112 Å². The van der Waals surface area contributed by atoms with E-state index in [1.165, 1.54) is 6.92 Å². The molecule has 0 saturated carbocycles. The average molecular weight is 265 g/mol. The molecule has 0 amide bonds. The van der Waals surface area contributed by atoms with Crippen LogP contribution < -0.4 is 10.1 Å². The largest absolute Gasteiger partial charge is 0.497 e. The third-order valence-electron chi connectivity index (χ3n) is 3.28. The molecule has 1 aliphatic heterocycles. The van der Waals surface area contributed by atoms with E-state index in [2.05, 4.69) is 5.32 Å². The SMILES string of the molecule is COc1ccc(CC2NC[C@@H](O)[C@@H]2OC(C)=O)cc1. The monoisotopic (exact) mass is 265 g/mol. The van der Waals surface area contributed by atoms with E-state index in [9.17, 15) is 9.90 Å². The van der Waals surface area contributed by atoms with Crippen LogP contribution in [0, 0.1) is 0 Å². The number of β-amino-alcohol motifs (C(OH)–C–C–N with tert-alkyl or cyclic N) is 1. The summed E-state index contributed by atoms with van der Waals surface area (Å²) in [5, 5.41) is 13.0. The van der Waals surface area contributed by atoms with E-state index in [1.807, 2.05) is 24.3 Å². The van der Waals surface area contributed by atoms with Gasteiger partial charge in [-0.2, -0.15) is 0 Å². The number of rotatable bonds is 4. The predicted molar refractivity (Wildman–Crippen MR) is 70.0 cm³/mol. The Bertz CT molecular complexity index is 432. The predicted octanol–water partition coefficient (Wildman–Crippen LogP) is 0.502. The number of esters is 1. The molecule has 0 bridgehead atoms. The standard InChI is InChI=1S/C14H19NO4/c1-9(16)19-14-12(15-8-13(14)17)7-10-3-5-11(18-2)6-4-10/h3-6,12-15,17H,7-8H2,1-2H3/t12?,13-,14-/m1/s1. The number of methoxy groups -OCH3 is 1. The summed E-state index contributed by atoms with van der Waals surface area (Å²) in [5.41, 5.74) is 1.10. The van der Waals surface area contributed by atoms with Gasteiger partial charge in [-0.05, 0) is 24.1 Å². The Balaban J connectivity index is 2.02. The molecule has 1 saturated heterocycles. The Kier molecular flexibility index (Phi) is 4.39. The Morgan fingerprint density at radius 3 is 2.68 bits per heavy atom. The zero-order chi connectivity index (χ0) is 13.8. The van der Waals surface area contributed by atoms with Crippen molar-refractivity contribution in [3.8, 4) is 5.75 Å². The van der Waals surface area contributed by atoms with E-state index in [-0.39, 0.29) is 12.0 Å². The highest BCUT2D eigenvalue weighted by molar-refractivity contribution is 5.66. The topological polar surface area (TPSA) is 67.8 Å². The lowest BCUT2D eigenvalue weighted by Gasteiger charge is -2.21. The van der Waals surface area contributed by atoms with Crippen molar-refractivity contribution in [1.82, 2.24) is 5.32 Å². The summed E-state index contributed by atoms with van der Waals surface area (Å²) in [6.45, 7) is 1.80. The van der Waals surface area contributed by atoms with Crippen molar-refractivity contribution in [2.24, 2.45) is 0 Å². The molecule has 19 heavy (non-hydrogen) atoms. The van der Waals surface area contributed by atoms with Crippen LogP contribution in [0.2, 0.25) is 0 Å². The molecule has 3 atom stereocenters. The number of nitrogens with one attached hydrogen (secondary N) is 1. The van der Waals surface area contributed by atoms with E-state index in [0.717, 1.165) is 11.3 Å². The van der Waals surface area contributed by atoms with Crippen molar-refractivity contribution in [1.29, 1.82) is 0 Å². The highest BCUT2D eigenvalue weighted by atomic mass is 16.6. The summed E-state index contributed by atoms with van der Waals surface area (Å²) in [5.74, 6) is 0.437. The molecule has 5 nitrogen and oxygen atoms in total. The maximum Gasteiger partial charge on any atom is 0.303 e. The fourth-order valence-electron chi connectivity index (χ4n) is 2.33. The number of aliphatic hydroxyl groups is 1. The molecule has 1 heterocycles. The van der Waals surface area contributed by atoms with Gasteiger partial charge in [0, 0.05) is 13.5 Å². The summed E-state index contributed by atoms with van der Waals surface area (Å²) >= 11 is 0. The van der Waals surface area contributed by atoms with E-state index >= 15 is 0 Å². The Morgan fingerprint density at radius 2 is 2.11 bits per heavy atom. The number of benzene rings is 1. The molecule has 104 valence electrons. The molecule has 1 aromatic rings. The van der Waals surface area contributed by atoms with Crippen LogP contribution >= 0.6 is 0 Å². The van der Waals surface area contributed by atoms with Gasteiger partial charge < -0.3 is 19.9 Å². The highest BCUT2D eigenvalue weighted by Gasteiger charge is 2.37. The number of hydrogen-bond acceptors (Lipinski definition) is 5. The van der Waals surface area contributed by atoms with E-state index < -0.39 is 12.2 Å². The molecule has 0 radical (unpaired) electrons. The van der Waals surface area contributed by atoms with E-state index in [1.54, 1.807) is 7.11 Å². The number of carbonyl (C=O) groups is 1. The normalized spacial score (nSPS) is 26.2. The third-order valence-corrected chi connectivity index (χ3v) is 3.28. The van der Waals surface area contributed by atoms with Crippen molar-refractivity contribution >= 4 is 5.97 Å². The van der Waals surface area contributed by atoms with Gasteiger partial charge in [0.15, 0.2) is 0 Å². The summed E-state index contributed by atoms with van der Waals surface area (Å²) in [6.07, 6.45) is -0.439. The van der Waals surface area contributed by atoms with Gasteiger partial charge in [-0.25, -0.2) is 0 Å². The van der Waals surface area contributed by atoms with Gasteiger partial charge in [0.1, 0.15) is 18.0 Å². The minimum absolute atomic E-state index is 0.0627. The number of carbonyl (C=O) groups excluding carboxylic acids is 1. The average Bonchev–Trinajstić information content (AvgIpc) is 2.72. The van der Waals surface area contributed by atoms with Crippen LogP contribution in [0.4, 0.5) is 0 Å². The van der Waals surface area contributed by atoms with Crippen molar-refractivity contribution in [3.63, 3.8) is 0 Å². The molecule has 1 aliphatic rings. The third kappa shape index (κ3) is 3.45. The van der Waals surface area contributed by atoms with Crippen molar-refractivity contribution in [2.45, 2.75) is 31.6 Å². The van der Waals surface area contributed by atoms with Gasteiger partial charge in [-0.3, -0.25) is 4.79 Å². The fraction of sp³-hybridized carbons (Fsp3) is 0.500. The van der Waals surface area contributed by atoms with E-state index in [0.29, 0.717) is 13.0 Å². The maximum absolute atomic E-state index is 11.0. The lowest BCUT2D eigenvalue weighted by molar-refractivity contribution is -0.151. The van der Waals surface area contributed by atoms with Crippen LogP contribution in [0.5, 0.6) is 5.75 Å². The van der Waals surface area contributed by atoms with Crippen LogP contribution in [-0.2, 0) is 16.0 Å². The molecular formula is C14H19NO4. The van der Waals surface area contributed by atoms with Crippen LogP contribution in [0.15, 0.2) is 24.3 Å². The van der Waals surface area contributed by atoms with Gasteiger partial charge in [0.25, 0.3) is 0 Å². The second-order valence-electron chi connectivity index (χ2n) is 4.71. The van der Waals surface area contributed by atoms with Gasteiger partial charge in [0.05, 0.1) is 13.2 Å². The van der Waals surface area contributed by atoms with Crippen LogP contribution in [0.3, 0.4) is 0 Å². The summed E-state index contributed by atoms with van der Waals surface area (Å²) < 4.78 is 10.3. The number of hydrogen-bond donors (Lipinski definition) is 2. The molecule has 0 aliphatic carbocycles. The first-order valence-electron chi connectivity index (χ1n) is 6.31. The van der Waals surface area contributed by atoms with Crippen molar-refractivity contribution < 1.29 is 19.4 Å². The molecule has 2 N–H and O–H groups in total. The number of ether oxygens (including phenoxy) is 2. The van der Waals surface area contributed by atoms with Gasteiger partial charge in [0.2, 0.25) is 0 Å². The molecule has 0 spiro atoms. The summed E-state index contributed by atoms with van der Waals surface area (Å²) in [7, 11) is 1.63. The van der Waals surface area contributed by atoms with Gasteiger partial charge in [-0.1, -0.05) is 12.1 Å². The molecular weight excluding hydrogens is 246 g/mol. The first kappa shape index (κ1) is 13.8. The first-order chi connectivity index (χ1) is 9.10. The van der Waals surface area contributed by atoms with Crippen molar-refractivity contribution in [3.05, 3.63) is 29.8 Å². The minimum atomic E-state index is -0.646. The highest BCUT2D eigenvalue weighted by Crippen LogP contribution is 2.19. The zero-order valence-electron chi connectivity index (χ0n) is 11.1. The smallest absolute Gasteiger partial charge is 0.303 e. The Hall–Kier alpha value is -1.59. The molecule has 2 rings (SSSR count). The zero-order valence-corrected chi connectivity index (χ0v) is 11.1. The van der Waals surface area contributed by atoms with E-state index in [4.69, 9.17) is 9.47 Å². The maximum atomic E-state index is 11.0. The minimum Gasteiger partial charge on any atom is -0.497 e. The summed E-state index contributed by atoms with van der Waals surface area (Å²) in [6, 6.07) is 7.65. The molecule has 1 fully saturated rings. The molecule has 1 aromatic carbocycles. The van der Waals surface area contributed by atoms with Gasteiger partial charge in [-0.15, -0.1) is 0 Å². The van der Waals surface area contributed by atoms with Crippen molar-refractivity contribution in [2.75, 3.05) is 13.7 Å². The quantitative estimate of drug-likeness (QED) is 0.776. The second kappa shape index (κ2) is 6.04. The number of aliphatic hydroxyl groups excluding tert-OH is 1. The van der Waals surface area contributed by atoms with Crippen LogP contribution in [-0.4, -0.2) is 43.0 Å². The van der Waals surface area contributed by atoms with Gasteiger partial charge >= 0.3 is 5.97 Å². The molecule has 1 unspecified atom stereocenters. The first-order valence-corrected chi connectivity index (χ1v) is 6.31. The molecule has 0 aromatic heterocycles. The lowest BCUT2D eigenvalue weighted by atomic mass is 10.0. The van der Waals surface area contributed by atoms with Crippen LogP contribution in [0.25, 0.3) is 0 Å².